The van der Waals surface area contributed by atoms with Crippen LogP contribution in [0.5, 0.6) is 5.75 Å². The van der Waals surface area contributed by atoms with Gasteiger partial charge in [0.25, 0.3) is 5.91 Å². The zero-order valence-electron chi connectivity index (χ0n) is 10.7. The lowest BCUT2D eigenvalue weighted by atomic mass is 10.1. The molecule has 20 heavy (non-hydrogen) atoms. The summed E-state index contributed by atoms with van der Waals surface area (Å²) in [5.74, 6) is 0.560. The minimum absolute atomic E-state index is 0.147. The van der Waals surface area contributed by atoms with E-state index in [1.54, 1.807) is 23.1 Å². The monoisotopic (exact) mass is 288 g/mol. The summed E-state index contributed by atoms with van der Waals surface area (Å²) in [6.45, 7) is 0.964. The molecule has 1 amide bonds. The van der Waals surface area contributed by atoms with Crippen LogP contribution in [0.1, 0.15) is 10.4 Å². The molecule has 0 radical (unpaired) electrons. The fraction of sp³-hybridized carbons (Fsp3) is 0.133. The molecule has 1 heterocycles. The van der Waals surface area contributed by atoms with Crippen molar-refractivity contribution >= 4 is 28.9 Å². The fourth-order valence-corrected chi connectivity index (χ4v) is 2.50. The van der Waals surface area contributed by atoms with Crippen LogP contribution in [0.25, 0.3) is 0 Å². The van der Waals surface area contributed by atoms with E-state index in [9.17, 15) is 4.79 Å². The van der Waals surface area contributed by atoms with Crippen LogP contribution in [-0.4, -0.2) is 19.1 Å². The third-order valence-electron chi connectivity index (χ3n) is 3.20. The van der Waals surface area contributed by atoms with Gasteiger partial charge in [-0.15, -0.1) is 0 Å². The topological polar surface area (TPSA) is 55.6 Å². The summed E-state index contributed by atoms with van der Waals surface area (Å²) in [5.41, 5.74) is 7.39. The quantitative estimate of drug-likeness (QED) is 0.821. The average Bonchev–Trinajstić information content (AvgIpc) is 2.46. The van der Waals surface area contributed by atoms with Gasteiger partial charge in [-0.3, -0.25) is 4.79 Å². The normalized spacial score (nSPS) is 13.6. The molecular weight excluding hydrogens is 276 g/mol. The summed E-state index contributed by atoms with van der Waals surface area (Å²) in [4.78, 5) is 14.3. The lowest BCUT2D eigenvalue weighted by Gasteiger charge is -2.29. The van der Waals surface area contributed by atoms with Crippen LogP contribution in [0.4, 0.5) is 11.4 Å². The standard InChI is InChI=1S/C15H13ClN2O2/c16-12-9-10(17)5-6-11(12)15(19)18-7-8-20-14-4-2-1-3-13(14)18/h1-6,9H,7-8,17H2. The Balaban J connectivity index is 2.00. The molecule has 0 aliphatic carbocycles. The maximum Gasteiger partial charge on any atom is 0.260 e. The first-order valence-electron chi connectivity index (χ1n) is 6.25. The lowest BCUT2D eigenvalue weighted by Crippen LogP contribution is -2.38. The van der Waals surface area contributed by atoms with E-state index in [-0.39, 0.29) is 5.91 Å². The molecule has 0 saturated heterocycles. The van der Waals surface area contributed by atoms with Crippen molar-refractivity contribution in [1.82, 2.24) is 0 Å². The minimum atomic E-state index is -0.147. The number of para-hydroxylation sites is 2. The summed E-state index contributed by atoms with van der Waals surface area (Å²) in [5, 5.41) is 0.360. The van der Waals surface area contributed by atoms with E-state index in [1.807, 2.05) is 24.3 Å². The van der Waals surface area contributed by atoms with Gasteiger partial charge < -0.3 is 15.4 Å². The third-order valence-corrected chi connectivity index (χ3v) is 3.51. The number of fused-ring (bicyclic) bond motifs is 1. The first-order valence-corrected chi connectivity index (χ1v) is 6.63. The van der Waals surface area contributed by atoms with Gasteiger partial charge in [0.15, 0.2) is 0 Å². The molecule has 102 valence electrons. The summed E-state index contributed by atoms with van der Waals surface area (Å²) in [6.07, 6.45) is 0. The smallest absolute Gasteiger partial charge is 0.260 e. The van der Waals surface area contributed by atoms with E-state index in [0.29, 0.717) is 35.2 Å². The Morgan fingerprint density at radius 2 is 2.05 bits per heavy atom. The average molecular weight is 289 g/mol. The van der Waals surface area contributed by atoms with Crippen LogP contribution in [0.15, 0.2) is 42.5 Å². The third kappa shape index (κ3) is 2.18. The van der Waals surface area contributed by atoms with Crippen molar-refractivity contribution in [3.8, 4) is 5.75 Å². The van der Waals surface area contributed by atoms with Crippen molar-refractivity contribution < 1.29 is 9.53 Å². The molecule has 4 nitrogen and oxygen atoms in total. The molecule has 2 aromatic rings. The predicted octanol–water partition coefficient (Wildman–Crippen LogP) is 2.96. The van der Waals surface area contributed by atoms with Crippen molar-refractivity contribution in [2.24, 2.45) is 0 Å². The largest absolute Gasteiger partial charge is 0.490 e. The van der Waals surface area contributed by atoms with Crippen molar-refractivity contribution in [3.05, 3.63) is 53.1 Å². The summed E-state index contributed by atoms with van der Waals surface area (Å²) >= 11 is 6.11. The second-order valence-corrected chi connectivity index (χ2v) is 4.92. The number of hydrogen-bond acceptors (Lipinski definition) is 3. The zero-order chi connectivity index (χ0) is 14.1. The molecule has 2 N–H and O–H groups in total. The summed E-state index contributed by atoms with van der Waals surface area (Å²) in [6, 6.07) is 12.4. The molecule has 0 atom stereocenters. The van der Waals surface area contributed by atoms with Crippen LogP contribution in [-0.2, 0) is 0 Å². The van der Waals surface area contributed by atoms with E-state index < -0.39 is 0 Å². The second-order valence-electron chi connectivity index (χ2n) is 4.51. The van der Waals surface area contributed by atoms with Crippen molar-refractivity contribution in [1.29, 1.82) is 0 Å². The van der Waals surface area contributed by atoms with Gasteiger partial charge in [0, 0.05) is 5.69 Å². The zero-order valence-corrected chi connectivity index (χ0v) is 11.4. The second kappa shape index (κ2) is 5.06. The van der Waals surface area contributed by atoms with Gasteiger partial charge in [0.2, 0.25) is 0 Å². The number of carbonyl (C=O) groups excluding carboxylic acids is 1. The Morgan fingerprint density at radius 3 is 2.85 bits per heavy atom. The number of ether oxygens (including phenoxy) is 1. The fourth-order valence-electron chi connectivity index (χ4n) is 2.23. The molecule has 1 aliphatic heterocycles. The maximum absolute atomic E-state index is 12.6. The highest BCUT2D eigenvalue weighted by Crippen LogP contribution is 2.33. The van der Waals surface area contributed by atoms with Gasteiger partial charge >= 0.3 is 0 Å². The van der Waals surface area contributed by atoms with Crippen molar-refractivity contribution in [3.63, 3.8) is 0 Å². The van der Waals surface area contributed by atoms with Gasteiger partial charge in [-0.2, -0.15) is 0 Å². The number of nitrogen functional groups attached to an aromatic ring is 1. The van der Waals surface area contributed by atoms with Gasteiger partial charge in [-0.25, -0.2) is 0 Å². The van der Waals surface area contributed by atoms with E-state index in [0.717, 1.165) is 5.69 Å². The molecule has 1 aliphatic rings. The molecule has 2 aromatic carbocycles. The Kier molecular flexibility index (Phi) is 3.24. The molecule has 0 fully saturated rings. The molecule has 3 rings (SSSR count). The Labute approximate surface area is 121 Å². The lowest BCUT2D eigenvalue weighted by molar-refractivity contribution is 0.0977. The minimum Gasteiger partial charge on any atom is -0.490 e. The number of carbonyl (C=O) groups is 1. The highest BCUT2D eigenvalue weighted by atomic mass is 35.5. The SMILES string of the molecule is Nc1ccc(C(=O)N2CCOc3ccccc32)c(Cl)c1. The van der Waals surface area contributed by atoms with Gasteiger partial charge in [0.05, 0.1) is 22.8 Å². The first kappa shape index (κ1) is 12.8. The van der Waals surface area contributed by atoms with Crippen LogP contribution in [0.3, 0.4) is 0 Å². The highest BCUT2D eigenvalue weighted by molar-refractivity contribution is 6.34. The Bertz CT molecular complexity index is 673. The maximum atomic E-state index is 12.6. The number of benzene rings is 2. The molecular formula is C15H13ClN2O2. The van der Waals surface area contributed by atoms with Crippen LogP contribution in [0, 0.1) is 0 Å². The molecule has 0 bridgehead atoms. The van der Waals surface area contributed by atoms with Crippen LogP contribution >= 0.6 is 11.6 Å². The van der Waals surface area contributed by atoms with Crippen LogP contribution in [0.2, 0.25) is 5.02 Å². The van der Waals surface area contributed by atoms with Gasteiger partial charge in [-0.05, 0) is 30.3 Å². The highest BCUT2D eigenvalue weighted by Gasteiger charge is 2.25. The molecule has 0 unspecified atom stereocenters. The number of nitrogens with zero attached hydrogens (tertiary/aromatic N) is 1. The Hall–Kier alpha value is -2.20. The predicted molar refractivity (Wildman–Crippen MR) is 79.5 cm³/mol. The number of rotatable bonds is 1. The van der Waals surface area contributed by atoms with Gasteiger partial charge in [-0.1, -0.05) is 23.7 Å². The first-order chi connectivity index (χ1) is 9.66. The van der Waals surface area contributed by atoms with Crippen molar-refractivity contribution in [2.75, 3.05) is 23.8 Å². The molecule has 0 spiro atoms. The number of halogens is 1. The van der Waals surface area contributed by atoms with E-state index >= 15 is 0 Å². The Morgan fingerprint density at radius 1 is 1.25 bits per heavy atom. The van der Waals surface area contributed by atoms with E-state index in [2.05, 4.69) is 0 Å². The number of amides is 1. The molecule has 5 heteroatoms. The number of nitrogens with two attached hydrogens (primary N) is 1. The summed E-state index contributed by atoms with van der Waals surface area (Å²) in [7, 11) is 0. The van der Waals surface area contributed by atoms with E-state index in [4.69, 9.17) is 22.1 Å². The van der Waals surface area contributed by atoms with Crippen LogP contribution < -0.4 is 15.4 Å². The summed E-state index contributed by atoms with van der Waals surface area (Å²) < 4.78 is 5.54. The molecule has 0 saturated carbocycles. The van der Waals surface area contributed by atoms with E-state index in [1.165, 1.54) is 0 Å². The van der Waals surface area contributed by atoms with Crippen molar-refractivity contribution in [2.45, 2.75) is 0 Å². The molecule has 0 aromatic heterocycles. The number of hydrogen-bond donors (Lipinski definition) is 1. The van der Waals surface area contributed by atoms with Gasteiger partial charge in [0.1, 0.15) is 12.4 Å². The number of anilines is 2.